The van der Waals surface area contributed by atoms with Crippen molar-refractivity contribution in [3.8, 4) is 0 Å². The fourth-order valence-corrected chi connectivity index (χ4v) is 5.20. The molecule has 192 valence electrons. The number of carbonyl (C=O) groups excluding carboxylic acids is 1. The second-order valence-corrected chi connectivity index (χ2v) is 9.51. The average molecular weight is 530 g/mol. The number of benzene rings is 3. The number of aromatic amines is 1. The van der Waals surface area contributed by atoms with Crippen molar-refractivity contribution in [1.29, 1.82) is 0 Å². The Morgan fingerprint density at radius 3 is 2.41 bits per heavy atom. The molecular weight excluding hydrogens is 506 g/mol. The van der Waals surface area contributed by atoms with Crippen molar-refractivity contribution in [3.63, 3.8) is 0 Å². The highest BCUT2D eigenvalue weighted by Crippen LogP contribution is 2.40. The summed E-state index contributed by atoms with van der Waals surface area (Å²) in [5.41, 5.74) is 1.50. The molecule has 1 atom stereocenters. The van der Waals surface area contributed by atoms with Gasteiger partial charge in [0.15, 0.2) is 0 Å². The van der Waals surface area contributed by atoms with E-state index < -0.39 is 17.7 Å². The lowest BCUT2D eigenvalue weighted by molar-refractivity contribution is -0.137. The van der Waals surface area contributed by atoms with Crippen LogP contribution in [0.5, 0.6) is 0 Å². The highest BCUT2D eigenvalue weighted by molar-refractivity contribution is 6.31. The number of amides is 1. The summed E-state index contributed by atoms with van der Waals surface area (Å²) in [5, 5.41) is 0.456. The number of H-pyrrole nitrogens is 1. The number of hydrogen-bond donors (Lipinski definition) is 1. The predicted molar refractivity (Wildman–Crippen MR) is 136 cm³/mol. The highest BCUT2D eigenvalue weighted by atomic mass is 35.5. The van der Waals surface area contributed by atoms with Gasteiger partial charge >= 0.3 is 6.18 Å². The molecule has 1 unspecified atom stereocenters. The number of rotatable bonds is 5. The molecule has 4 aromatic rings. The van der Waals surface area contributed by atoms with Gasteiger partial charge in [0, 0.05) is 55.6 Å². The Kier molecular flexibility index (Phi) is 6.86. The van der Waals surface area contributed by atoms with E-state index in [1.54, 1.807) is 35.4 Å². The monoisotopic (exact) mass is 529 g/mol. The predicted octanol–water partition coefficient (Wildman–Crippen LogP) is 6.85. The van der Waals surface area contributed by atoms with Crippen LogP contribution in [0, 0.1) is 5.82 Å². The zero-order valence-electron chi connectivity index (χ0n) is 19.7. The van der Waals surface area contributed by atoms with E-state index in [2.05, 4.69) is 4.98 Å². The van der Waals surface area contributed by atoms with E-state index in [-0.39, 0.29) is 23.2 Å². The molecule has 2 heterocycles. The van der Waals surface area contributed by atoms with Crippen molar-refractivity contribution < 1.29 is 22.4 Å². The van der Waals surface area contributed by atoms with E-state index in [0.29, 0.717) is 37.4 Å². The number of halogens is 5. The number of para-hydroxylation sites is 2. The molecule has 0 radical (unpaired) electrons. The molecule has 1 amide bonds. The van der Waals surface area contributed by atoms with Gasteiger partial charge < -0.3 is 14.8 Å². The minimum atomic E-state index is -4.62. The first kappa shape index (κ1) is 25.1. The summed E-state index contributed by atoms with van der Waals surface area (Å²) in [6, 6.07) is 17.8. The number of fused-ring (bicyclic) bond motifs is 1. The number of piperazine rings is 1. The number of carbonyl (C=O) groups is 1. The summed E-state index contributed by atoms with van der Waals surface area (Å²) in [6.07, 6.45) is -2.88. The highest BCUT2D eigenvalue weighted by Gasteiger charge is 2.35. The van der Waals surface area contributed by atoms with E-state index >= 15 is 0 Å². The van der Waals surface area contributed by atoms with Crippen molar-refractivity contribution in [1.82, 2.24) is 9.88 Å². The van der Waals surface area contributed by atoms with Gasteiger partial charge in [-0.3, -0.25) is 4.79 Å². The van der Waals surface area contributed by atoms with Gasteiger partial charge in [-0.25, -0.2) is 4.39 Å². The molecule has 0 aliphatic carbocycles. The summed E-state index contributed by atoms with van der Waals surface area (Å²) in [4.78, 5) is 20.2. The third kappa shape index (κ3) is 5.16. The van der Waals surface area contributed by atoms with Gasteiger partial charge in [-0.15, -0.1) is 0 Å². The van der Waals surface area contributed by atoms with Crippen LogP contribution in [-0.2, 0) is 11.0 Å². The Labute approximate surface area is 216 Å². The number of hydrogen-bond acceptors (Lipinski definition) is 2. The first-order chi connectivity index (χ1) is 17.7. The topological polar surface area (TPSA) is 39.3 Å². The Balaban J connectivity index is 1.42. The summed E-state index contributed by atoms with van der Waals surface area (Å²) >= 11 is 5.88. The lowest BCUT2D eigenvalue weighted by atomic mass is 9.87. The molecule has 37 heavy (non-hydrogen) atoms. The lowest BCUT2D eigenvalue weighted by Crippen LogP contribution is -2.49. The molecule has 0 bridgehead atoms. The zero-order chi connectivity index (χ0) is 26.2. The van der Waals surface area contributed by atoms with Gasteiger partial charge in [0.25, 0.3) is 0 Å². The summed E-state index contributed by atoms with van der Waals surface area (Å²) in [6.45, 7) is 1.71. The maximum atomic E-state index is 14.2. The van der Waals surface area contributed by atoms with Crippen LogP contribution in [0.1, 0.15) is 29.0 Å². The normalized spacial score (nSPS) is 15.3. The molecule has 5 rings (SSSR count). The van der Waals surface area contributed by atoms with Crippen LogP contribution in [0.3, 0.4) is 0 Å². The third-order valence-electron chi connectivity index (χ3n) is 6.90. The van der Waals surface area contributed by atoms with Gasteiger partial charge in [-0.1, -0.05) is 48.0 Å². The molecule has 1 fully saturated rings. The molecule has 0 saturated carbocycles. The van der Waals surface area contributed by atoms with Crippen LogP contribution in [0.2, 0.25) is 5.02 Å². The first-order valence-electron chi connectivity index (χ1n) is 11.9. The fourth-order valence-electron chi connectivity index (χ4n) is 4.98. The van der Waals surface area contributed by atoms with Crippen LogP contribution in [0.25, 0.3) is 10.9 Å². The van der Waals surface area contributed by atoms with Gasteiger partial charge in [0.2, 0.25) is 5.91 Å². The fraction of sp³-hybridized carbons (Fsp3) is 0.250. The lowest BCUT2D eigenvalue weighted by Gasteiger charge is -2.37. The smallest absolute Gasteiger partial charge is 0.366 e. The average Bonchev–Trinajstić information content (AvgIpc) is 3.31. The van der Waals surface area contributed by atoms with E-state index in [9.17, 15) is 22.4 Å². The molecule has 0 spiro atoms. The van der Waals surface area contributed by atoms with Gasteiger partial charge in [-0.2, -0.15) is 13.2 Å². The quantitative estimate of drug-likeness (QED) is 0.287. The molecule has 1 aliphatic heterocycles. The molecule has 9 heteroatoms. The van der Waals surface area contributed by atoms with Crippen molar-refractivity contribution in [2.45, 2.75) is 18.5 Å². The molecular formula is C28H24ClF4N3O. The van der Waals surface area contributed by atoms with Crippen LogP contribution in [0.4, 0.5) is 23.2 Å². The van der Waals surface area contributed by atoms with Crippen LogP contribution < -0.4 is 4.90 Å². The third-order valence-corrected chi connectivity index (χ3v) is 7.23. The van der Waals surface area contributed by atoms with Crippen LogP contribution in [-0.4, -0.2) is 42.0 Å². The molecule has 1 N–H and O–H groups in total. The maximum absolute atomic E-state index is 14.2. The first-order valence-corrected chi connectivity index (χ1v) is 12.3. The second kappa shape index (κ2) is 10.1. The van der Waals surface area contributed by atoms with E-state index in [1.807, 2.05) is 29.2 Å². The Morgan fingerprint density at radius 2 is 1.68 bits per heavy atom. The number of nitrogens with one attached hydrogen (secondary N) is 1. The minimum absolute atomic E-state index is 0.0134. The summed E-state index contributed by atoms with van der Waals surface area (Å²) in [5.74, 6) is -1.11. The second-order valence-electron chi connectivity index (χ2n) is 9.10. The summed E-state index contributed by atoms with van der Waals surface area (Å²) < 4.78 is 55.2. The van der Waals surface area contributed by atoms with E-state index in [4.69, 9.17) is 11.6 Å². The minimum Gasteiger partial charge on any atom is -0.366 e. The van der Waals surface area contributed by atoms with Gasteiger partial charge in [-0.05, 0) is 41.5 Å². The van der Waals surface area contributed by atoms with Crippen LogP contribution >= 0.6 is 11.6 Å². The maximum Gasteiger partial charge on any atom is 0.417 e. The van der Waals surface area contributed by atoms with Crippen molar-refractivity contribution in [2.75, 3.05) is 31.1 Å². The van der Waals surface area contributed by atoms with Crippen LogP contribution in [0.15, 0.2) is 72.9 Å². The van der Waals surface area contributed by atoms with E-state index in [0.717, 1.165) is 22.5 Å². The largest absolute Gasteiger partial charge is 0.417 e. The van der Waals surface area contributed by atoms with Crippen molar-refractivity contribution >= 4 is 34.1 Å². The summed E-state index contributed by atoms with van der Waals surface area (Å²) in [7, 11) is 0. The molecule has 4 nitrogen and oxygen atoms in total. The SMILES string of the molecule is O=C(CC(c1ccc(Cl)c(C(F)(F)F)c1)c1c[nH]c2ccccc12)N1CCN(c2ccccc2F)CC1. The van der Waals surface area contributed by atoms with Gasteiger partial charge in [0.1, 0.15) is 5.82 Å². The molecule has 1 aliphatic rings. The van der Waals surface area contributed by atoms with Gasteiger partial charge in [0.05, 0.1) is 16.3 Å². The van der Waals surface area contributed by atoms with Crippen molar-refractivity contribution in [2.24, 2.45) is 0 Å². The Bertz CT molecular complexity index is 1430. The van der Waals surface area contributed by atoms with Crippen molar-refractivity contribution in [3.05, 3.63) is 100 Å². The molecule has 1 aromatic heterocycles. The standard InChI is InChI=1S/C28H24ClF4N3O/c29-23-10-9-18(15-22(23)28(31,32)33)20(21-17-34-25-7-3-1-5-19(21)25)16-27(37)36-13-11-35(12-14-36)26-8-4-2-6-24(26)30/h1-10,15,17,20,34H,11-14,16H2. The Hall–Kier alpha value is -3.52. The number of alkyl halides is 3. The van der Waals surface area contributed by atoms with E-state index in [1.165, 1.54) is 12.1 Å². The number of aromatic nitrogens is 1. The number of anilines is 1. The number of nitrogens with zero attached hydrogens (tertiary/aromatic N) is 2. The zero-order valence-corrected chi connectivity index (χ0v) is 20.5. The molecule has 3 aromatic carbocycles. The molecule has 1 saturated heterocycles. The Morgan fingerprint density at radius 1 is 0.973 bits per heavy atom.